The topological polar surface area (TPSA) is 34.1 Å². The van der Waals surface area contributed by atoms with Crippen LogP contribution >= 0.6 is 31.9 Å². The van der Waals surface area contributed by atoms with Gasteiger partial charge in [-0.25, -0.2) is 0 Å². The Labute approximate surface area is 120 Å². The van der Waals surface area contributed by atoms with E-state index in [9.17, 15) is 9.59 Å². The van der Waals surface area contributed by atoms with Crippen molar-refractivity contribution >= 4 is 43.4 Å². The molecule has 0 atom stereocenters. The molecule has 2 aromatic carbocycles. The lowest BCUT2D eigenvalue weighted by Crippen LogP contribution is -2.21. The highest BCUT2D eigenvalue weighted by molar-refractivity contribution is 9.11. The van der Waals surface area contributed by atoms with Crippen molar-refractivity contribution in [3.8, 4) is 0 Å². The van der Waals surface area contributed by atoms with Crippen LogP contribution in [0.25, 0.3) is 0 Å². The van der Waals surface area contributed by atoms with Crippen molar-refractivity contribution in [3.63, 3.8) is 0 Å². The first kappa shape index (κ1) is 11.8. The molecular weight excluding hydrogens is 360 g/mol. The number of benzene rings is 2. The summed E-state index contributed by atoms with van der Waals surface area (Å²) in [6.07, 6.45) is 0. The van der Waals surface area contributed by atoms with Crippen molar-refractivity contribution < 1.29 is 9.59 Å². The second-order valence-corrected chi connectivity index (χ2v) is 5.69. The van der Waals surface area contributed by atoms with E-state index in [1.54, 1.807) is 36.4 Å². The molecule has 0 N–H and O–H groups in total. The number of fused-ring (bicyclic) bond motifs is 2. The third-order valence-electron chi connectivity index (χ3n) is 2.97. The molecule has 1 aliphatic carbocycles. The van der Waals surface area contributed by atoms with E-state index in [1.807, 2.05) is 0 Å². The zero-order chi connectivity index (χ0) is 12.9. The molecule has 2 nitrogen and oxygen atoms in total. The number of hydrogen-bond donors (Lipinski definition) is 0. The smallest absolute Gasteiger partial charge is 0.195 e. The summed E-state index contributed by atoms with van der Waals surface area (Å²) < 4.78 is 1.29. The van der Waals surface area contributed by atoms with Gasteiger partial charge in [0.2, 0.25) is 0 Å². The Bertz CT molecular complexity index is 645. The Hall–Kier alpha value is -1.26. The summed E-state index contributed by atoms with van der Waals surface area (Å²) in [5.41, 5.74) is 1.81. The molecule has 0 spiro atoms. The molecule has 0 heterocycles. The third kappa shape index (κ3) is 1.52. The maximum Gasteiger partial charge on any atom is 0.195 e. The molecule has 18 heavy (non-hydrogen) atoms. The number of carbonyl (C=O) groups is 2. The Morgan fingerprint density at radius 3 is 1.44 bits per heavy atom. The molecule has 0 radical (unpaired) electrons. The SMILES string of the molecule is O=C1c2ccccc2C(=O)c2c(Br)ccc(Br)c21. The fourth-order valence-corrected chi connectivity index (χ4v) is 3.17. The van der Waals surface area contributed by atoms with Crippen molar-refractivity contribution in [3.05, 3.63) is 67.6 Å². The number of carbonyl (C=O) groups excluding carboxylic acids is 2. The summed E-state index contributed by atoms with van der Waals surface area (Å²) in [6, 6.07) is 10.4. The van der Waals surface area contributed by atoms with Crippen molar-refractivity contribution in [1.82, 2.24) is 0 Å². The highest BCUT2D eigenvalue weighted by Crippen LogP contribution is 2.35. The molecule has 3 rings (SSSR count). The van der Waals surface area contributed by atoms with E-state index in [0.29, 0.717) is 31.2 Å². The third-order valence-corrected chi connectivity index (χ3v) is 4.30. The van der Waals surface area contributed by atoms with Gasteiger partial charge in [-0.05, 0) is 12.1 Å². The summed E-state index contributed by atoms with van der Waals surface area (Å²) >= 11 is 6.68. The summed E-state index contributed by atoms with van der Waals surface area (Å²) in [7, 11) is 0. The molecule has 2 aromatic rings. The van der Waals surface area contributed by atoms with E-state index in [4.69, 9.17) is 0 Å². The van der Waals surface area contributed by atoms with Gasteiger partial charge < -0.3 is 0 Å². The van der Waals surface area contributed by atoms with Gasteiger partial charge in [0.05, 0.1) is 0 Å². The maximum atomic E-state index is 12.4. The van der Waals surface area contributed by atoms with E-state index >= 15 is 0 Å². The predicted octanol–water partition coefficient (Wildman–Crippen LogP) is 3.99. The molecule has 4 heteroatoms. The molecule has 0 saturated heterocycles. The Morgan fingerprint density at radius 2 is 1.06 bits per heavy atom. The largest absolute Gasteiger partial charge is 0.289 e. The van der Waals surface area contributed by atoms with E-state index in [0.717, 1.165) is 0 Å². The molecule has 0 fully saturated rings. The first-order valence-corrected chi connectivity index (χ1v) is 6.86. The van der Waals surface area contributed by atoms with Crippen molar-refractivity contribution in [2.24, 2.45) is 0 Å². The minimum atomic E-state index is -0.117. The van der Waals surface area contributed by atoms with Crippen LogP contribution < -0.4 is 0 Å². The Morgan fingerprint density at radius 1 is 0.667 bits per heavy atom. The molecule has 0 amide bonds. The van der Waals surface area contributed by atoms with Gasteiger partial charge in [0.25, 0.3) is 0 Å². The van der Waals surface area contributed by atoms with Gasteiger partial charge in [-0.3, -0.25) is 9.59 Å². The van der Waals surface area contributed by atoms with E-state index in [-0.39, 0.29) is 11.6 Å². The molecule has 0 aromatic heterocycles. The normalized spacial score (nSPS) is 13.2. The van der Waals surface area contributed by atoms with Crippen LogP contribution in [0.1, 0.15) is 31.8 Å². The average molecular weight is 366 g/mol. The van der Waals surface area contributed by atoms with Crippen LogP contribution in [-0.2, 0) is 0 Å². The van der Waals surface area contributed by atoms with E-state index in [2.05, 4.69) is 31.9 Å². The second-order valence-electron chi connectivity index (χ2n) is 3.98. The molecule has 0 bridgehead atoms. The van der Waals surface area contributed by atoms with Gasteiger partial charge in [0, 0.05) is 31.2 Å². The Kier molecular flexibility index (Phi) is 2.72. The molecule has 0 aliphatic heterocycles. The number of hydrogen-bond acceptors (Lipinski definition) is 2. The highest BCUT2D eigenvalue weighted by Gasteiger charge is 2.32. The van der Waals surface area contributed by atoms with E-state index < -0.39 is 0 Å². The fraction of sp³-hybridized carbons (Fsp3) is 0. The van der Waals surface area contributed by atoms with Gasteiger partial charge in [-0.2, -0.15) is 0 Å². The highest BCUT2D eigenvalue weighted by atomic mass is 79.9. The lowest BCUT2D eigenvalue weighted by Gasteiger charge is -2.19. The van der Waals surface area contributed by atoms with Crippen LogP contribution in [-0.4, -0.2) is 11.6 Å². The van der Waals surface area contributed by atoms with Gasteiger partial charge in [-0.1, -0.05) is 56.1 Å². The Balaban J connectivity index is 2.41. The minimum absolute atomic E-state index is 0.117. The first-order valence-electron chi connectivity index (χ1n) is 5.27. The molecular formula is C14H6Br2O2. The summed E-state index contributed by atoms with van der Waals surface area (Å²) in [4.78, 5) is 24.8. The molecule has 0 saturated carbocycles. The lowest BCUT2D eigenvalue weighted by molar-refractivity contribution is 0.0978. The standard InChI is InChI=1S/C14H6Br2O2/c15-9-5-6-10(16)12-11(9)13(17)7-3-1-2-4-8(7)14(12)18/h1-6H. The summed E-state index contributed by atoms with van der Waals surface area (Å²) in [6.45, 7) is 0. The lowest BCUT2D eigenvalue weighted by atomic mass is 9.84. The summed E-state index contributed by atoms with van der Waals surface area (Å²) in [5.74, 6) is -0.234. The summed E-state index contributed by atoms with van der Waals surface area (Å²) in [5, 5.41) is 0. The molecule has 0 unspecified atom stereocenters. The monoisotopic (exact) mass is 364 g/mol. The van der Waals surface area contributed by atoms with Crippen LogP contribution in [0.3, 0.4) is 0 Å². The molecule has 1 aliphatic rings. The zero-order valence-electron chi connectivity index (χ0n) is 9.04. The van der Waals surface area contributed by atoms with Crippen molar-refractivity contribution in [2.75, 3.05) is 0 Å². The van der Waals surface area contributed by atoms with Crippen molar-refractivity contribution in [2.45, 2.75) is 0 Å². The fourth-order valence-electron chi connectivity index (χ4n) is 2.14. The van der Waals surface area contributed by atoms with Crippen LogP contribution in [0.5, 0.6) is 0 Å². The predicted molar refractivity (Wildman–Crippen MR) is 75.1 cm³/mol. The van der Waals surface area contributed by atoms with Gasteiger partial charge in [0.15, 0.2) is 11.6 Å². The zero-order valence-corrected chi connectivity index (χ0v) is 12.2. The van der Waals surface area contributed by atoms with Gasteiger partial charge in [-0.15, -0.1) is 0 Å². The minimum Gasteiger partial charge on any atom is -0.289 e. The van der Waals surface area contributed by atoms with Gasteiger partial charge in [0.1, 0.15) is 0 Å². The van der Waals surface area contributed by atoms with Crippen LogP contribution in [0.15, 0.2) is 45.3 Å². The first-order chi connectivity index (χ1) is 8.61. The van der Waals surface area contributed by atoms with Crippen LogP contribution in [0.2, 0.25) is 0 Å². The van der Waals surface area contributed by atoms with Crippen molar-refractivity contribution in [1.29, 1.82) is 0 Å². The number of ketones is 2. The second kappa shape index (κ2) is 4.14. The van der Waals surface area contributed by atoms with Crippen LogP contribution in [0.4, 0.5) is 0 Å². The maximum absolute atomic E-state index is 12.4. The molecule has 88 valence electrons. The number of halogens is 2. The quantitative estimate of drug-likeness (QED) is 0.603. The average Bonchev–Trinajstić information content (AvgIpc) is 2.38. The van der Waals surface area contributed by atoms with Gasteiger partial charge >= 0.3 is 0 Å². The van der Waals surface area contributed by atoms with Crippen LogP contribution in [0, 0.1) is 0 Å². The number of rotatable bonds is 0. The van der Waals surface area contributed by atoms with E-state index in [1.165, 1.54) is 0 Å².